The van der Waals surface area contributed by atoms with Crippen LogP contribution in [0.5, 0.6) is 0 Å². The van der Waals surface area contributed by atoms with Crippen molar-refractivity contribution >= 4 is 39.5 Å². The normalized spacial score (nSPS) is 11.6. The van der Waals surface area contributed by atoms with Crippen molar-refractivity contribution in [2.75, 3.05) is 0 Å². The van der Waals surface area contributed by atoms with Gasteiger partial charge in [0, 0.05) is 10.6 Å². The topological polar surface area (TPSA) is 37.3 Å². The van der Waals surface area contributed by atoms with Gasteiger partial charge in [-0.05, 0) is 69.8 Å². The SMILES string of the molecule is C=CCc1ccc2cc(P(=O)(O)c3ccc4cc(CC=C)ccc4c3)ccc2c1. The van der Waals surface area contributed by atoms with Crippen LogP contribution < -0.4 is 10.6 Å². The Kier molecular flexibility index (Phi) is 5.24. The predicted molar refractivity (Wildman–Crippen MR) is 125 cm³/mol. The number of hydrogen-bond acceptors (Lipinski definition) is 1. The van der Waals surface area contributed by atoms with Crippen molar-refractivity contribution in [3.05, 3.63) is 109 Å². The fourth-order valence-corrected chi connectivity index (χ4v) is 5.16. The molecule has 3 heteroatoms. The van der Waals surface area contributed by atoms with E-state index < -0.39 is 7.37 Å². The third-order valence-corrected chi connectivity index (χ3v) is 7.19. The molecule has 0 aliphatic heterocycles. The number of allylic oxidation sites excluding steroid dienone is 2. The summed E-state index contributed by atoms with van der Waals surface area (Å²) in [4.78, 5) is 11.0. The van der Waals surface area contributed by atoms with Crippen molar-refractivity contribution < 1.29 is 9.46 Å². The molecule has 4 aromatic carbocycles. The molecule has 0 bridgehead atoms. The highest BCUT2D eigenvalue weighted by atomic mass is 31.2. The summed E-state index contributed by atoms with van der Waals surface area (Å²) in [6.07, 6.45) is 5.36. The van der Waals surface area contributed by atoms with Gasteiger partial charge in [0.25, 0.3) is 7.37 Å². The van der Waals surface area contributed by atoms with Crippen LogP contribution in [0.2, 0.25) is 0 Å². The van der Waals surface area contributed by atoms with Crippen LogP contribution in [-0.4, -0.2) is 4.89 Å². The zero-order valence-corrected chi connectivity index (χ0v) is 17.1. The van der Waals surface area contributed by atoms with Crippen molar-refractivity contribution in [2.24, 2.45) is 0 Å². The lowest BCUT2D eigenvalue weighted by atomic mass is 10.1. The molecule has 0 aromatic heterocycles. The minimum atomic E-state index is -3.69. The Balaban J connectivity index is 1.74. The first-order valence-electron chi connectivity index (χ1n) is 9.62. The van der Waals surface area contributed by atoms with E-state index in [0.717, 1.165) is 34.4 Å². The quantitative estimate of drug-likeness (QED) is 0.336. The van der Waals surface area contributed by atoms with Gasteiger partial charge in [0.2, 0.25) is 0 Å². The lowest BCUT2D eigenvalue weighted by Crippen LogP contribution is -2.15. The Morgan fingerprint density at radius 2 is 1.03 bits per heavy atom. The molecule has 4 rings (SSSR count). The first-order chi connectivity index (χ1) is 14.0. The third-order valence-electron chi connectivity index (χ3n) is 5.24. The maximum Gasteiger partial charge on any atom is 0.258 e. The molecule has 2 nitrogen and oxygen atoms in total. The minimum absolute atomic E-state index is 0.448. The van der Waals surface area contributed by atoms with Crippen molar-refractivity contribution in [1.82, 2.24) is 0 Å². The summed E-state index contributed by atoms with van der Waals surface area (Å²) in [5, 5.41) is 4.93. The Morgan fingerprint density at radius 1 is 0.655 bits per heavy atom. The van der Waals surface area contributed by atoms with Crippen molar-refractivity contribution in [1.29, 1.82) is 0 Å². The highest BCUT2D eigenvalue weighted by Crippen LogP contribution is 2.39. The van der Waals surface area contributed by atoms with E-state index in [2.05, 4.69) is 25.3 Å². The van der Waals surface area contributed by atoms with Crippen LogP contribution in [0.25, 0.3) is 21.5 Å². The number of benzene rings is 4. The van der Waals surface area contributed by atoms with E-state index in [4.69, 9.17) is 0 Å². The summed E-state index contributed by atoms with van der Waals surface area (Å²) in [6.45, 7) is 7.55. The molecule has 0 saturated carbocycles. The Bertz CT molecular complexity index is 1190. The minimum Gasteiger partial charge on any atom is -0.338 e. The molecule has 0 amide bonds. The molecular formula is C26H23O2P. The molecule has 0 saturated heterocycles. The second-order valence-corrected chi connectivity index (χ2v) is 9.48. The Hall–Kier alpha value is -2.93. The lowest BCUT2D eigenvalue weighted by molar-refractivity contribution is 0.501. The number of fused-ring (bicyclic) bond motifs is 2. The first kappa shape index (κ1) is 19.4. The van der Waals surface area contributed by atoms with Crippen molar-refractivity contribution in [3.63, 3.8) is 0 Å². The van der Waals surface area contributed by atoms with Gasteiger partial charge < -0.3 is 4.89 Å². The monoisotopic (exact) mass is 398 g/mol. The van der Waals surface area contributed by atoms with Crippen LogP contribution in [0.15, 0.2) is 98.1 Å². The van der Waals surface area contributed by atoms with E-state index in [9.17, 15) is 9.46 Å². The highest BCUT2D eigenvalue weighted by Gasteiger charge is 2.24. The average molecular weight is 398 g/mol. The molecule has 0 spiro atoms. The summed E-state index contributed by atoms with van der Waals surface area (Å²) >= 11 is 0. The summed E-state index contributed by atoms with van der Waals surface area (Å²) < 4.78 is 13.4. The van der Waals surface area contributed by atoms with Crippen LogP contribution >= 0.6 is 7.37 Å². The van der Waals surface area contributed by atoms with Crippen molar-refractivity contribution in [2.45, 2.75) is 12.8 Å². The van der Waals surface area contributed by atoms with Gasteiger partial charge in [0.1, 0.15) is 0 Å². The molecule has 1 N–H and O–H groups in total. The standard InChI is InChI=1S/C26H23O2P/c1-3-5-19-7-9-23-17-25(13-11-21(23)15-19)29(27,28)26-14-12-22-16-20(6-4-2)8-10-24(22)18-26/h3-4,7-18H,1-2,5-6H2,(H,27,28). The van der Waals surface area contributed by atoms with Gasteiger partial charge >= 0.3 is 0 Å². The zero-order chi connectivity index (χ0) is 20.4. The van der Waals surface area contributed by atoms with Crippen LogP contribution in [0.4, 0.5) is 0 Å². The zero-order valence-electron chi connectivity index (χ0n) is 16.2. The van der Waals surface area contributed by atoms with E-state index in [-0.39, 0.29) is 0 Å². The molecule has 0 heterocycles. The van der Waals surface area contributed by atoms with E-state index in [1.54, 1.807) is 12.1 Å². The second-order valence-electron chi connectivity index (χ2n) is 7.29. The fraction of sp³-hybridized carbons (Fsp3) is 0.0769. The van der Waals surface area contributed by atoms with E-state index in [1.807, 2.05) is 60.7 Å². The van der Waals surface area contributed by atoms with E-state index in [1.165, 1.54) is 11.1 Å². The third kappa shape index (κ3) is 3.82. The fourth-order valence-electron chi connectivity index (χ4n) is 3.68. The van der Waals surface area contributed by atoms with Crippen LogP contribution in [0.1, 0.15) is 11.1 Å². The van der Waals surface area contributed by atoms with Crippen LogP contribution in [0.3, 0.4) is 0 Å². The smallest absolute Gasteiger partial charge is 0.258 e. The summed E-state index contributed by atoms with van der Waals surface area (Å²) in [5.41, 5.74) is 2.36. The highest BCUT2D eigenvalue weighted by molar-refractivity contribution is 7.73. The lowest BCUT2D eigenvalue weighted by Gasteiger charge is -2.14. The number of rotatable bonds is 6. The van der Waals surface area contributed by atoms with E-state index >= 15 is 0 Å². The molecule has 0 radical (unpaired) electrons. The van der Waals surface area contributed by atoms with Gasteiger partial charge in [-0.25, -0.2) is 0 Å². The summed E-state index contributed by atoms with van der Waals surface area (Å²) in [7, 11) is -3.69. The molecule has 29 heavy (non-hydrogen) atoms. The molecule has 0 atom stereocenters. The van der Waals surface area contributed by atoms with Gasteiger partial charge in [-0.3, -0.25) is 4.57 Å². The maximum atomic E-state index is 13.4. The molecule has 4 aromatic rings. The molecule has 0 aliphatic carbocycles. The van der Waals surface area contributed by atoms with Crippen LogP contribution in [0, 0.1) is 0 Å². The summed E-state index contributed by atoms with van der Waals surface area (Å²) in [6, 6.07) is 23.3. The molecule has 0 aliphatic rings. The Labute approximate surface area is 171 Å². The predicted octanol–water partition coefficient (Wildman–Crippen LogP) is 5.67. The van der Waals surface area contributed by atoms with Gasteiger partial charge in [0.05, 0.1) is 0 Å². The van der Waals surface area contributed by atoms with E-state index in [0.29, 0.717) is 10.6 Å². The van der Waals surface area contributed by atoms with Gasteiger partial charge in [-0.1, -0.05) is 60.7 Å². The molecule has 0 unspecified atom stereocenters. The van der Waals surface area contributed by atoms with Gasteiger partial charge in [-0.2, -0.15) is 0 Å². The second kappa shape index (κ2) is 7.83. The Morgan fingerprint density at radius 3 is 1.45 bits per heavy atom. The number of hydrogen-bond donors (Lipinski definition) is 1. The molecular weight excluding hydrogens is 375 g/mol. The van der Waals surface area contributed by atoms with Gasteiger partial charge in [0.15, 0.2) is 0 Å². The molecule has 0 fully saturated rings. The molecule has 144 valence electrons. The largest absolute Gasteiger partial charge is 0.338 e. The van der Waals surface area contributed by atoms with Gasteiger partial charge in [-0.15, -0.1) is 13.2 Å². The first-order valence-corrected chi connectivity index (χ1v) is 11.3. The van der Waals surface area contributed by atoms with Crippen molar-refractivity contribution in [3.8, 4) is 0 Å². The average Bonchev–Trinajstić information content (AvgIpc) is 2.73. The van der Waals surface area contributed by atoms with Crippen LogP contribution in [-0.2, 0) is 17.4 Å². The maximum absolute atomic E-state index is 13.4. The summed E-state index contributed by atoms with van der Waals surface area (Å²) in [5.74, 6) is 0.